The fourth-order valence-electron chi connectivity index (χ4n) is 3.28. The van der Waals surface area contributed by atoms with Gasteiger partial charge in [0.15, 0.2) is 17.4 Å². The summed E-state index contributed by atoms with van der Waals surface area (Å²) in [5.74, 6) is 1.61. The molecule has 0 amide bonds. The normalized spacial score (nSPS) is 15.7. The number of aliphatic imine (C=N–C) groups is 1. The maximum Gasteiger partial charge on any atom is 0.191 e. The summed E-state index contributed by atoms with van der Waals surface area (Å²) in [6.45, 7) is 4.16. The van der Waals surface area contributed by atoms with Crippen LogP contribution < -0.4 is 10.6 Å². The van der Waals surface area contributed by atoms with Crippen LogP contribution in [-0.4, -0.2) is 33.6 Å². The van der Waals surface area contributed by atoms with Gasteiger partial charge in [-0.05, 0) is 49.6 Å². The van der Waals surface area contributed by atoms with E-state index in [0.717, 1.165) is 48.4 Å². The number of aromatic nitrogens is 3. The molecule has 0 radical (unpaired) electrons. The summed E-state index contributed by atoms with van der Waals surface area (Å²) in [5, 5.41) is 16.0. The van der Waals surface area contributed by atoms with Crippen molar-refractivity contribution in [1.29, 1.82) is 0 Å². The van der Waals surface area contributed by atoms with Gasteiger partial charge in [-0.3, -0.25) is 4.40 Å². The van der Waals surface area contributed by atoms with Crippen LogP contribution in [0.1, 0.15) is 31.2 Å². The molecule has 7 heteroatoms. The van der Waals surface area contributed by atoms with Crippen molar-refractivity contribution in [3.8, 4) is 0 Å². The number of rotatable bonds is 6. The largest absolute Gasteiger partial charge is 0.357 e. The van der Waals surface area contributed by atoms with Crippen LogP contribution in [0.3, 0.4) is 0 Å². The van der Waals surface area contributed by atoms with E-state index in [0.29, 0.717) is 6.54 Å². The Balaban J connectivity index is 1.46. The molecular weight excluding hydrogens is 360 g/mol. The molecule has 0 bridgehead atoms. The van der Waals surface area contributed by atoms with Gasteiger partial charge in [0, 0.05) is 29.7 Å². The summed E-state index contributed by atoms with van der Waals surface area (Å²) in [4.78, 5) is 4.69. The molecule has 0 unspecified atom stereocenters. The molecule has 2 N–H and O–H groups in total. The molecule has 2 aromatic heterocycles. The van der Waals surface area contributed by atoms with Gasteiger partial charge in [-0.2, -0.15) is 0 Å². The Morgan fingerprint density at radius 2 is 2.07 bits per heavy atom. The van der Waals surface area contributed by atoms with Crippen LogP contribution in [0.25, 0.3) is 5.65 Å². The molecule has 1 aliphatic carbocycles. The second-order valence-corrected chi connectivity index (χ2v) is 7.32. The van der Waals surface area contributed by atoms with Crippen LogP contribution in [-0.2, 0) is 12.0 Å². The van der Waals surface area contributed by atoms with Gasteiger partial charge in [-0.1, -0.05) is 29.8 Å². The maximum absolute atomic E-state index is 6.17. The van der Waals surface area contributed by atoms with E-state index in [1.165, 1.54) is 5.56 Å². The highest BCUT2D eigenvalue weighted by molar-refractivity contribution is 6.30. The Kier molecular flexibility index (Phi) is 4.99. The van der Waals surface area contributed by atoms with E-state index in [4.69, 9.17) is 16.6 Å². The molecule has 140 valence electrons. The summed E-state index contributed by atoms with van der Waals surface area (Å²) in [5.41, 5.74) is 2.28. The molecule has 1 aliphatic rings. The summed E-state index contributed by atoms with van der Waals surface area (Å²) in [7, 11) is 0. The zero-order valence-corrected chi connectivity index (χ0v) is 16.1. The van der Waals surface area contributed by atoms with Gasteiger partial charge in [-0.15, -0.1) is 10.2 Å². The average molecular weight is 383 g/mol. The Hall–Kier alpha value is -2.60. The fraction of sp³-hybridized carbons (Fsp3) is 0.350. The minimum atomic E-state index is 0.155. The molecule has 3 aromatic rings. The molecule has 6 nitrogen and oxygen atoms in total. The van der Waals surface area contributed by atoms with E-state index in [-0.39, 0.29) is 5.41 Å². The van der Waals surface area contributed by atoms with Crippen LogP contribution in [0, 0.1) is 0 Å². The van der Waals surface area contributed by atoms with Gasteiger partial charge >= 0.3 is 0 Å². The summed E-state index contributed by atoms with van der Waals surface area (Å²) < 4.78 is 1.96. The molecule has 1 aromatic carbocycles. The Bertz CT molecular complexity index is 960. The lowest BCUT2D eigenvalue weighted by molar-refractivity contribution is 0.645. The van der Waals surface area contributed by atoms with Crippen LogP contribution in [0.5, 0.6) is 0 Å². The molecule has 4 rings (SSSR count). The first-order valence-electron chi connectivity index (χ1n) is 9.27. The van der Waals surface area contributed by atoms with E-state index in [1.807, 2.05) is 40.9 Å². The first-order valence-corrected chi connectivity index (χ1v) is 9.65. The number of guanidine groups is 1. The highest BCUT2D eigenvalue weighted by Gasteiger charge is 2.44. The van der Waals surface area contributed by atoms with Gasteiger partial charge in [0.25, 0.3) is 0 Å². The van der Waals surface area contributed by atoms with Gasteiger partial charge in [0.05, 0.1) is 0 Å². The SMILES string of the molecule is CCNC(=NCc1nnc2ccccn12)NCC1(c2cccc(Cl)c2)CC1. The number of halogens is 1. The maximum atomic E-state index is 6.17. The number of benzene rings is 1. The van der Waals surface area contributed by atoms with Crippen molar-refractivity contribution < 1.29 is 0 Å². The second kappa shape index (κ2) is 7.56. The number of fused-ring (bicyclic) bond motifs is 1. The molecule has 1 saturated carbocycles. The molecule has 0 aliphatic heterocycles. The summed E-state index contributed by atoms with van der Waals surface area (Å²) in [6.07, 6.45) is 4.28. The van der Waals surface area contributed by atoms with Crippen LogP contribution in [0.4, 0.5) is 0 Å². The predicted molar refractivity (Wildman–Crippen MR) is 108 cm³/mol. The van der Waals surface area contributed by atoms with Gasteiger partial charge in [0.2, 0.25) is 0 Å². The zero-order chi connectivity index (χ0) is 18.7. The van der Waals surface area contributed by atoms with E-state index in [2.05, 4.69) is 39.9 Å². The monoisotopic (exact) mass is 382 g/mol. The first kappa shape index (κ1) is 17.8. The first-order chi connectivity index (χ1) is 13.2. The topological polar surface area (TPSA) is 66.6 Å². The van der Waals surface area contributed by atoms with Gasteiger partial charge in [-0.25, -0.2) is 4.99 Å². The average Bonchev–Trinajstić information content (AvgIpc) is 3.37. The third kappa shape index (κ3) is 3.90. The Morgan fingerprint density at radius 1 is 1.19 bits per heavy atom. The number of hydrogen-bond donors (Lipinski definition) is 2. The van der Waals surface area contributed by atoms with E-state index in [9.17, 15) is 0 Å². The standard InChI is InChI=1S/C20H23ClN6/c1-2-22-19(23-13-18-26-25-17-8-3-4-11-27(17)18)24-14-20(9-10-20)15-6-5-7-16(21)12-15/h3-8,11-12H,2,9-10,13-14H2,1H3,(H2,22,23,24). The van der Waals surface area contributed by atoms with Gasteiger partial charge < -0.3 is 10.6 Å². The van der Waals surface area contributed by atoms with Crippen molar-refractivity contribution in [2.24, 2.45) is 4.99 Å². The molecule has 0 spiro atoms. The lowest BCUT2D eigenvalue weighted by atomic mass is 9.96. The van der Waals surface area contributed by atoms with Crippen molar-refractivity contribution in [2.75, 3.05) is 13.1 Å². The zero-order valence-electron chi connectivity index (χ0n) is 15.3. The summed E-state index contributed by atoms with van der Waals surface area (Å²) >= 11 is 6.17. The van der Waals surface area contributed by atoms with E-state index < -0.39 is 0 Å². The Labute approximate surface area is 163 Å². The molecular formula is C20H23ClN6. The van der Waals surface area contributed by atoms with Crippen molar-refractivity contribution in [3.63, 3.8) is 0 Å². The minimum Gasteiger partial charge on any atom is -0.357 e. The van der Waals surface area contributed by atoms with Crippen molar-refractivity contribution in [2.45, 2.75) is 31.7 Å². The fourth-order valence-corrected chi connectivity index (χ4v) is 3.47. The molecule has 0 saturated heterocycles. The molecule has 1 fully saturated rings. The van der Waals surface area contributed by atoms with E-state index in [1.54, 1.807) is 0 Å². The predicted octanol–water partition coefficient (Wildman–Crippen LogP) is 3.17. The second-order valence-electron chi connectivity index (χ2n) is 6.88. The lowest BCUT2D eigenvalue weighted by Gasteiger charge is -2.19. The van der Waals surface area contributed by atoms with Gasteiger partial charge in [0.1, 0.15) is 6.54 Å². The smallest absolute Gasteiger partial charge is 0.191 e. The minimum absolute atomic E-state index is 0.155. The number of nitrogens with one attached hydrogen (secondary N) is 2. The van der Waals surface area contributed by atoms with Crippen molar-refractivity contribution in [1.82, 2.24) is 25.2 Å². The lowest BCUT2D eigenvalue weighted by Crippen LogP contribution is -2.41. The highest BCUT2D eigenvalue weighted by atomic mass is 35.5. The molecule has 2 heterocycles. The third-order valence-corrected chi connectivity index (χ3v) is 5.23. The molecule has 0 atom stereocenters. The van der Waals surface area contributed by atoms with Crippen molar-refractivity contribution in [3.05, 3.63) is 65.1 Å². The van der Waals surface area contributed by atoms with E-state index >= 15 is 0 Å². The Morgan fingerprint density at radius 3 is 2.85 bits per heavy atom. The van der Waals surface area contributed by atoms with Crippen LogP contribution in [0.2, 0.25) is 5.02 Å². The summed E-state index contributed by atoms with van der Waals surface area (Å²) in [6, 6.07) is 14.0. The quantitative estimate of drug-likeness (QED) is 0.507. The van der Waals surface area contributed by atoms with Crippen molar-refractivity contribution >= 4 is 23.2 Å². The molecule has 27 heavy (non-hydrogen) atoms. The number of pyridine rings is 1. The number of hydrogen-bond acceptors (Lipinski definition) is 3. The van der Waals surface area contributed by atoms with Crippen LogP contribution >= 0.6 is 11.6 Å². The highest BCUT2D eigenvalue weighted by Crippen LogP contribution is 2.48. The number of nitrogens with zero attached hydrogens (tertiary/aromatic N) is 4. The van der Waals surface area contributed by atoms with Crippen LogP contribution in [0.15, 0.2) is 53.7 Å². The third-order valence-electron chi connectivity index (χ3n) is 4.99.